The minimum atomic E-state index is -1.07. The Kier molecular flexibility index (Phi) is 9.70. The molecule has 0 fully saturated rings. The fourth-order valence-corrected chi connectivity index (χ4v) is 6.49. The monoisotopic (exact) mass is 637 g/mol. The van der Waals surface area contributed by atoms with Crippen LogP contribution in [-0.2, 0) is 10.5 Å². The van der Waals surface area contributed by atoms with Crippen LogP contribution in [0.5, 0.6) is 11.5 Å². The third-order valence-corrected chi connectivity index (χ3v) is 8.97. The average Bonchev–Trinajstić information content (AvgIpc) is 3.71. The first kappa shape index (κ1) is 31.3. The molecule has 1 unspecified atom stereocenters. The second kappa shape index (κ2) is 13.6. The van der Waals surface area contributed by atoms with Crippen molar-refractivity contribution in [3.8, 4) is 11.5 Å². The second-order valence-electron chi connectivity index (χ2n) is 10.5. The molecule has 0 aliphatic carbocycles. The summed E-state index contributed by atoms with van der Waals surface area (Å²) >= 11 is 2.37. The molecular formula is C32H32FN3O6S2. The van der Waals surface area contributed by atoms with Crippen LogP contribution in [0.4, 0.5) is 9.52 Å². The zero-order chi connectivity index (χ0) is 31.4. The summed E-state index contributed by atoms with van der Waals surface area (Å²) in [4.78, 5) is 28.6. The minimum absolute atomic E-state index is 0.0132. The van der Waals surface area contributed by atoms with Crippen molar-refractivity contribution in [3.05, 3.63) is 94.4 Å². The lowest BCUT2D eigenvalue weighted by Gasteiger charge is -2.25. The third kappa shape index (κ3) is 6.66. The summed E-state index contributed by atoms with van der Waals surface area (Å²) in [6.07, 6.45) is 0.852. The van der Waals surface area contributed by atoms with Crippen molar-refractivity contribution in [2.24, 2.45) is 5.92 Å². The smallest absolute Gasteiger partial charge is 0.296 e. The zero-order valence-corrected chi connectivity index (χ0v) is 26.3. The quantitative estimate of drug-likeness (QED) is 0.0905. The standard InChI is InChI=1S/C32H32FN3O6S2/c1-5-40-25-16-20(11-13-23(25)41-15-14-18(2)3)27-26(28(37)24-12-10-19(4)42-24)29(38)30(39)36(27)31-34-35-32(44-31)43-17-21-8-6-7-9-22(21)33/h6-13,16,18,27,38H,5,14-15,17H2,1-4H3. The van der Waals surface area contributed by atoms with E-state index in [0.717, 1.165) is 17.8 Å². The Morgan fingerprint density at radius 1 is 1.14 bits per heavy atom. The number of nitrogens with zero attached hydrogens (tertiary/aromatic N) is 3. The van der Waals surface area contributed by atoms with Crippen LogP contribution in [0.2, 0.25) is 0 Å². The number of ketones is 1. The lowest BCUT2D eigenvalue weighted by atomic mass is 9.95. The van der Waals surface area contributed by atoms with E-state index in [1.54, 1.807) is 49.4 Å². The van der Waals surface area contributed by atoms with E-state index in [1.807, 2.05) is 6.92 Å². The number of carbonyl (C=O) groups is 2. The van der Waals surface area contributed by atoms with Gasteiger partial charge in [-0.15, -0.1) is 10.2 Å². The number of carbonyl (C=O) groups excluding carboxylic acids is 2. The van der Waals surface area contributed by atoms with Gasteiger partial charge >= 0.3 is 0 Å². The highest BCUT2D eigenvalue weighted by molar-refractivity contribution is 8.00. The van der Waals surface area contributed by atoms with E-state index in [1.165, 1.54) is 28.8 Å². The number of Topliss-reactive ketones (excluding diaryl/α,β-unsaturated/α-hetero) is 1. The Bertz CT molecular complexity index is 1700. The fourth-order valence-electron chi connectivity index (χ4n) is 4.64. The van der Waals surface area contributed by atoms with Crippen LogP contribution >= 0.6 is 23.1 Å². The molecule has 0 saturated heterocycles. The first-order valence-corrected chi connectivity index (χ1v) is 15.9. The van der Waals surface area contributed by atoms with Crippen LogP contribution < -0.4 is 14.4 Å². The van der Waals surface area contributed by atoms with E-state index in [4.69, 9.17) is 13.9 Å². The summed E-state index contributed by atoms with van der Waals surface area (Å²) < 4.78 is 32.1. The molecule has 230 valence electrons. The number of aliphatic hydroxyl groups excluding tert-OH is 1. The van der Waals surface area contributed by atoms with Crippen molar-refractivity contribution in [2.45, 2.75) is 50.3 Å². The van der Waals surface area contributed by atoms with Crippen molar-refractivity contribution < 1.29 is 33.0 Å². The number of hydrogen-bond donors (Lipinski definition) is 1. The Labute approximate surface area is 262 Å². The largest absolute Gasteiger partial charge is 0.503 e. The topological polar surface area (TPSA) is 115 Å². The molecule has 0 bridgehead atoms. The van der Waals surface area contributed by atoms with Gasteiger partial charge in [0, 0.05) is 5.75 Å². The summed E-state index contributed by atoms with van der Waals surface area (Å²) in [5.41, 5.74) is 0.838. The van der Waals surface area contributed by atoms with E-state index in [2.05, 4.69) is 24.0 Å². The van der Waals surface area contributed by atoms with Crippen LogP contribution in [-0.4, -0.2) is 40.2 Å². The molecule has 1 aliphatic rings. The van der Waals surface area contributed by atoms with Gasteiger partial charge in [-0.1, -0.05) is 61.2 Å². The first-order chi connectivity index (χ1) is 21.2. The number of anilines is 1. The summed E-state index contributed by atoms with van der Waals surface area (Å²) in [5, 5.41) is 19.7. The van der Waals surface area contributed by atoms with E-state index in [9.17, 15) is 19.1 Å². The van der Waals surface area contributed by atoms with Crippen LogP contribution in [0.3, 0.4) is 0 Å². The highest BCUT2D eigenvalue weighted by atomic mass is 32.2. The molecular weight excluding hydrogens is 605 g/mol. The molecule has 1 N–H and O–H groups in total. The molecule has 5 rings (SSSR count). The van der Waals surface area contributed by atoms with Crippen molar-refractivity contribution >= 4 is 39.9 Å². The third-order valence-electron chi connectivity index (χ3n) is 6.86. The number of rotatable bonds is 13. The maximum atomic E-state index is 14.2. The molecule has 2 aromatic carbocycles. The molecule has 0 radical (unpaired) electrons. The van der Waals surface area contributed by atoms with Crippen molar-refractivity contribution in [3.63, 3.8) is 0 Å². The second-order valence-corrected chi connectivity index (χ2v) is 12.7. The molecule has 9 nitrogen and oxygen atoms in total. The molecule has 3 heterocycles. The average molecular weight is 638 g/mol. The maximum Gasteiger partial charge on any atom is 0.296 e. The predicted molar refractivity (Wildman–Crippen MR) is 166 cm³/mol. The van der Waals surface area contributed by atoms with Crippen molar-refractivity contribution in [2.75, 3.05) is 18.1 Å². The van der Waals surface area contributed by atoms with Gasteiger partial charge in [0.15, 0.2) is 27.4 Å². The molecule has 44 heavy (non-hydrogen) atoms. The van der Waals surface area contributed by atoms with Gasteiger partial charge in [-0.25, -0.2) is 4.39 Å². The summed E-state index contributed by atoms with van der Waals surface area (Å²) in [5.74, 6) is -0.259. The van der Waals surface area contributed by atoms with Crippen molar-refractivity contribution in [1.82, 2.24) is 10.2 Å². The number of furan rings is 1. The van der Waals surface area contributed by atoms with Crippen LogP contribution in [0, 0.1) is 18.7 Å². The van der Waals surface area contributed by atoms with Gasteiger partial charge in [-0.2, -0.15) is 0 Å². The molecule has 12 heteroatoms. The number of thioether (sulfide) groups is 1. The number of amides is 1. The van der Waals surface area contributed by atoms with E-state index in [0.29, 0.717) is 57.6 Å². The van der Waals surface area contributed by atoms with Crippen LogP contribution in [0.1, 0.15) is 60.7 Å². The normalized spacial score (nSPS) is 15.0. The van der Waals surface area contributed by atoms with Gasteiger partial charge in [0.1, 0.15) is 11.6 Å². The number of aliphatic hydroxyl groups is 1. The molecule has 4 aromatic rings. The Morgan fingerprint density at radius 3 is 2.64 bits per heavy atom. The number of aryl methyl sites for hydroxylation is 1. The van der Waals surface area contributed by atoms with Gasteiger partial charge < -0.3 is 19.0 Å². The van der Waals surface area contributed by atoms with Crippen LogP contribution in [0.15, 0.2) is 74.7 Å². The lowest BCUT2D eigenvalue weighted by Crippen LogP contribution is -2.31. The molecule has 0 saturated carbocycles. The SMILES string of the molecule is CCOc1cc(C2C(C(=O)c3ccc(C)o3)=C(O)C(=O)N2c2nnc(SCc3ccccc3F)s2)ccc1OCCC(C)C. The van der Waals surface area contributed by atoms with Gasteiger partial charge in [0.2, 0.25) is 10.9 Å². The summed E-state index contributed by atoms with van der Waals surface area (Å²) in [6, 6.07) is 13.7. The number of hydrogen-bond acceptors (Lipinski definition) is 10. The molecule has 0 spiro atoms. The maximum absolute atomic E-state index is 14.2. The highest BCUT2D eigenvalue weighted by Crippen LogP contribution is 2.45. The molecule has 1 atom stereocenters. The first-order valence-electron chi connectivity index (χ1n) is 14.1. The number of aromatic nitrogens is 2. The molecule has 1 amide bonds. The van der Waals surface area contributed by atoms with Gasteiger partial charge in [-0.05, 0) is 67.6 Å². The highest BCUT2D eigenvalue weighted by Gasteiger charge is 2.47. The van der Waals surface area contributed by atoms with E-state index in [-0.39, 0.29) is 22.3 Å². The van der Waals surface area contributed by atoms with Crippen molar-refractivity contribution in [1.29, 1.82) is 0 Å². The lowest BCUT2D eigenvalue weighted by molar-refractivity contribution is -0.117. The van der Waals surface area contributed by atoms with E-state index < -0.39 is 23.5 Å². The summed E-state index contributed by atoms with van der Waals surface area (Å²) in [7, 11) is 0. The van der Waals surface area contributed by atoms with Gasteiger partial charge in [0.25, 0.3) is 5.91 Å². The number of benzene rings is 2. The van der Waals surface area contributed by atoms with Crippen LogP contribution in [0.25, 0.3) is 0 Å². The number of halogens is 1. The Balaban J connectivity index is 1.52. The fraction of sp³-hybridized carbons (Fsp3) is 0.312. The molecule has 1 aliphatic heterocycles. The van der Waals surface area contributed by atoms with Gasteiger partial charge in [-0.3, -0.25) is 14.5 Å². The van der Waals surface area contributed by atoms with E-state index >= 15 is 0 Å². The summed E-state index contributed by atoms with van der Waals surface area (Å²) in [6.45, 7) is 8.61. The minimum Gasteiger partial charge on any atom is -0.503 e. The Hall–Kier alpha value is -4.16. The predicted octanol–water partition coefficient (Wildman–Crippen LogP) is 7.48. The van der Waals surface area contributed by atoms with Gasteiger partial charge in [0.05, 0.1) is 24.8 Å². The Morgan fingerprint density at radius 2 is 1.93 bits per heavy atom. The zero-order valence-electron chi connectivity index (χ0n) is 24.7. The molecule has 2 aromatic heterocycles. The number of ether oxygens (including phenoxy) is 2.